The van der Waals surface area contributed by atoms with E-state index in [1.807, 2.05) is 24.3 Å². The number of ether oxygens (including phenoxy) is 1. The minimum absolute atomic E-state index is 0.393. The van der Waals surface area contributed by atoms with Gasteiger partial charge in [-0.15, -0.1) is 0 Å². The Morgan fingerprint density at radius 3 is 2.16 bits per heavy atom. The molecule has 0 aliphatic carbocycles. The predicted octanol–water partition coefficient (Wildman–Crippen LogP) is 6.12. The Morgan fingerprint density at radius 2 is 1.53 bits per heavy atom. The van der Waals surface area contributed by atoms with Crippen molar-refractivity contribution in [1.82, 2.24) is 0 Å². The van der Waals surface area contributed by atoms with Crippen LogP contribution in [0.15, 0.2) is 36.4 Å². The summed E-state index contributed by atoms with van der Waals surface area (Å²) in [4.78, 5) is 0. The van der Waals surface area contributed by atoms with Gasteiger partial charge in [0.15, 0.2) is 0 Å². The average Bonchev–Trinajstić information content (AvgIpc) is 2.41. The van der Waals surface area contributed by atoms with Crippen LogP contribution in [0.25, 0.3) is 0 Å². The number of hydrogen-bond acceptors (Lipinski definition) is 1. The molecule has 1 nitrogen and oxygen atoms in total. The van der Waals surface area contributed by atoms with E-state index in [1.165, 1.54) is 0 Å². The summed E-state index contributed by atoms with van der Waals surface area (Å²) in [6.07, 6.45) is 0. The summed E-state index contributed by atoms with van der Waals surface area (Å²) in [6.45, 7) is 0.393. The van der Waals surface area contributed by atoms with Gasteiger partial charge in [-0.2, -0.15) is 0 Å². The van der Waals surface area contributed by atoms with E-state index in [-0.39, 0.29) is 0 Å². The molecule has 0 aliphatic heterocycles. The van der Waals surface area contributed by atoms with E-state index in [9.17, 15) is 0 Å². The first-order chi connectivity index (χ1) is 9.10. The second kappa shape index (κ2) is 6.85. The maximum atomic E-state index is 6.14. The summed E-state index contributed by atoms with van der Waals surface area (Å²) in [7, 11) is 0. The third-order valence-corrected chi connectivity index (χ3v) is 4.21. The number of benzene rings is 2. The Hall–Kier alpha value is -0.410. The maximum absolute atomic E-state index is 6.14. The number of rotatable bonds is 4. The largest absolute Gasteiger partial charge is 0.487 e. The molecule has 0 aromatic heterocycles. The van der Waals surface area contributed by atoms with Crippen LogP contribution in [-0.4, -0.2) is 0 Å². The van der Waals surface area contributed by atoms with Crippen molar-refractivity contribution in [3.8, 4) is 5.75 Å². The van der Waals surface area contributed by atoms with Gasteiger partial charge in [0.05, 0.1) is 15.1 Å². The van der Waals surface area contributed by atoms with Crippen LogP contribution in [0.5, 0.6) is 5.75 Å². The topological polar surface area (TPSA) is 9.23 Å². The molecule has 0 amide bonds. The molecule has 0 bridgehead atoms. The Labute approximate surface area is 135 Å². The second-order valence-electron chi connectivity index (χ2n) is 3.94. The van der Waals surface area contributed by atoms with Crippen molar-refractivity contribution in [1.29, 1.82) is 0 Å². The van der Waals surface area contributed by atoms with Gasteiger partial charge in [-0.1, -0.05) is 62.9 Å². The van der Waals surface area contributed by atoms with Crippen LogP contribution in [0, 0.1) is 0 Å². The predicted molar refractivity (Wildman–Crippen MR) is 84.9 cm³/mol. The zero-order valence-corrected chi connectivity index (χ0v) is 13.7. The first kappa shape index (κ1) is 15.0. The molecule has 5 heteroatoms. The normalized spacial score (nSPS) is 10.5. The van der Waals surface area contributed by atoms with Crippen molar-refractivity contribution in [2.75, 3.05) is 0 Å². The lowest BCUT2D eigenvalue weighted by Crippen LogP contribution is -1.96. The van der Waals surface area contributed by atoms with Crippen molar-refractivity contribution in [2.24, 2.45) is 0 Å². The minimum atomic E-state index is 0.393. The van der Waals surface area contributed by atoms with Crippen molar-refractivity contribution in [3.63, 3.8) is 0 Å². The molecule has 2 rings (SSSR count). The third kappa shape index (κ3) is 4.03. The zero-order chi connectivity index (χ0) is 13.8. The first-order valence-electron chi connectivity index (χ1n) is 5.51. The van der Waals surface area contributed by atoms with Gasteiger partial charge in [-0.05, 0) is 35.4 Å². The van der Waals surface area contributed by atoms with Crippen molar-refractivity contribution in [2.45, 2.75) is 11.9 Å². The van der Waals surface area contributed by atoms with Gasteiger partial charge in [0.25, 0.3) is 0 Å². The van der Waals surface area contributed by atoms with Crippen LogP contribution in [0.2, 0.25) is 15.1 Å². The van der Waals surface area contributed by atoms with Crippen LogP contribution in [0.4, 0.5) is 0 Å². The van der Waals surface area contributed by atoms with E-state index in [2.05, 4.69) is 15.9 Å². The van der Waals surface area contributed by atoms with Gasteiger partial charge < -0.3 is 4.74 Å². The number of alkyl halides is 1. The Balaban J connectivity index is 2.07. The fourth-order valence-electron chi connectivity index (χ4n) is 1.54. The second-order valence-corrected chi connectivity index (χ2v) is 5.72. The Morgan fingerprint density at radius 1 is 0.842 bits per heavy atom. The Bertz CT molecular complexity index is 587. The summed E-state index contributed by atoms with van der Waals surface area (Å²) in [5.74, 6) is 0.650. The van der Waals surface area contributed by atoms with E-state index in [0.717, 1.165) is 16.5 Å². The van der Waals surface area contributed by atoms with Gasteiger partial charge in [-0.25, -0.2) is 0 Å². The third-order valence-electron chi connectivity index (χ3n) is 2.53. The smallest absolute Gasteiger partial charge is 0.138 e. The molecule has 0 aliphatic rings. The van der Waals surface area contributed by atoms with Crippen molar-refractivity contribution < 1.29 is 4.74 Å². The standard InChI is InChI=1S/C14H10BrCl3O/c15-7-9-2-4-14(13(18)5-9)19-8-10-1-3-11(16)12(17)6-10/h1-6H,7-8H2. The molecule has 100 valence electrons. The van der Waals surface area contributed by atoms with Gasteiger partial charge in [-0.3, -0.25) is 0 Å². The quantitative estimate of drug-likeness (QED) is 0.581. The highest BCUT2D eigenvalue weighted by atomic mass is 79.9. The lowest BCUT2D eigenvalue weighted by atomic mass is 10.2. The molecular weight excluding hydrogens is 370 g/mol. The fraction of sp³-hybridized carbons (Fsp3) is 0.143. The molecule has 0 spiro atoms. The summed E-state index contributed by atoms with van der Waals surface area (Å²) >= 11 is 21.3. The van der Waals surface area contributed by atoms with E-state index < -0.39 is 0 Å². The number of hydrogen-bond donors (Lipinski definition) is 0. The van der Waals surface area contributed by atoms with E-state index >= 15 is 0 Å². The fourth-order valence-corrected chi connectivity index (χ4v) is 2.46. The summed E-state index contributed by atoms with van der Waals surface area (Å²) < 4.78 is 5.67. The summed E-state index contributed by atoms with van der Waals surface area (Å²) in [5, 5.41) is 2.41. The van der Waals surface area contributed by atoms with Crippen LogP contribution in [0.3, 0.4) is 0 Å². The zero-order valence-electron chi connectivity index (χ0n) is 9.80. The average molecular weight is 380 g/mol. The molecule has 2 aromatic rings. The highest BCUT2D eigenvalue weighted by Gasteiger charge is 2.04. The molecule has 19 heavy (non-hydrogen) atoms. The van der Waals surface area contributed by atoms with Gasteiger partial charge >= 0.3 is 0 Å². The molecule has 0 heterocycles. The lowest BCUT2D eigenvalue weighted by molar-refractivity contribution is 0.306. The summed E-state index contributed by atoms with van der Waals surface area (Å²) in [5.41, 5.74) is 2.04. The van der Waals surface area contributed by atoms with Crippen LogP contribution < -0.4 is 4.74 Å². The van der Waals surface area contributed by atoms with Crippen LogP contribution in [-0.2, 0) is 11.9 Å². The molecule has 0 saturated carbocycles. The molecule has 0 fully saturated rings. The maximum Gasteiger partial charge on any atom is 0.138 e. The van der Waals surface area contributed by atoms with E-state index in [0.29, 0.717) is 27.4 Å². The SMILES string of the molecule is Clc1ccc(COc2ccc(CBr)cc2Cl)cc1Cl. The first-order valence-corrected chi connectivity index (χ1v) is 7.77. The molecule has 2 aromatic carbocycles. The molecule has 0 unspecified atom stereocenters. The van der Waals surface area contributed by atoms with Crippen LogP contribution >= 0.6 is 50.7 Å². The molecule has 0 atom stereocenters. The highest BCUT2D eigenvalue weighted by Crippen LogP contribution is 2.28. The monoisotopic (exact) mass is 378 g/mol. The van der Waals surface area contributed by atoms with Gasteiger partial charge in [0.2, 0.25) is 0 Å². The molecule has 0 N–H and O–H groups in total. The Kier molecular flexibility index (Phi) is 5.40. The van der Waals surface area contributed by atoms with Gasteiger partial charge in [0, 0.05) is 5.33 Å². The van der Waals surface area contributed by atoms with E-state index in [4.69, 9.17) is 39.5 Å². The van der Waals surface area contributed by atoms with Crippen LogP contribution in [0.1, 0.15) is 11.1 Å². The minimum Gasteiger partial charge on any atom is -0.487 e. The van der Waals surface area contributed by atoms with Crippen molar-refractivity contribution in [3.05, 3.63) is 62.6 Å². The molecule has 0 radical (unpaired) electrons. The van der Waals surface area contributed by atoms with Gasteiger partial charge in [0.1, 0.15) is 12.4 Å². The molecular formula is C14H10BrCl3O. The van der Waals surface area contributed by atoms with E-state index in [1.54, 1.807) is 12.1 Å². The number of halogens is 4. The molecule has 0 saturated heterocycles. The highest BCUT2D eigenvalue weighted by molar-refractivity contribution is 9.08. The van der Waals surface area contributed by atoms with Crippen molar-refractivity contribution >= 4 is 50.7 Å². The lowest BCUT2D eigenvalue weighted by Gasteiger charge is -2.09. The summed E-state index contributed by atoms with van der Waals surface area (Å²) in [6, 6.07) is 11.1.